The van der Waals surface area contributed by atoms with Crippen molar-refractivity contribution >= 4 is 22.5 Å². The van der Waals surface area contributed by atoms with Gasteiger partial charge in [-0.1, -0.05) is 23.7 Å². The second-order valence-electron chi connectivity index (χ2n) is 7.36. The second-order valence-corrected chi connectivity index (χ2v) is 7.77. The van der Waals surface area contributed by atoms with Gasteiger partial charge < -0.3 is 24.3 Å². The van der Waals surface area contributed by atoms with E-state index in [4.69, 9.17) is 21.1 Å². The Morgan fingerprint density at radius 1 is 1.21 bits per heavy atom. The van der Waals surface area contributed by atoms with Gasteiger partial charge in [-0.05, 0) is 41.8 Å². The van der Waals surface area contributed by atoms with Crippen molar-refractivity contribution in [1.29, 1.82) is 0 Å². The number of fused-ring (bicyclic) bond motifs is 1. The minimum atomic E-state index is -0.610. The molecule has 5 nitrogen and oxygen atoms in total. The summed E-state index contributed by atoms with van der Waals surface area (Å²) in [5.74, 6) is 0.395. The first-order valence-corrected chi connectivity index (χ1v) is 9.92. The molecule has 0 unspecified atom stereocenters. The van der Waals surface area contributed by atoms with Gasteiger partial charge in [0.2, 0.25) is 0 Å². The van der Waals surface area contributed by atoms with Crippen LogP contribution >= 0.6 is 11.6 Å². The number of ether oxygens (including phenoxy) is 2. The average Bonchev–Trinajstić information content (AvgIpc) is 3.11. The van der Waals surface area contributed by atoms with E-state index < -0.39 is 18.4 Å². The maximum atomic E-state index is 14.8. The molecule has 7 heteroatoms. The van der Waals surface area contributed by atoms with E-state index in [2.05, 4.69) is 0 Å². The monoisotopic (exact) mass is 419 g/mol. The first-order valence-electron chi connectivity index (χ1n) is 9.55. The van der Waals surface area contributed by atoms with Crippen molar-refractivity contribution < 1.29 is 24.1 Å². The Kier molecular flexibility index (Phi) is 5.79. The fourth-order valence-electron chi connectivity index (χ4n) is 3.98. The number of hydrogen-bond donors (Lipinski definition) is 2. The summed E-state index contributed by atoms with van der Waals surface area (Å²) in [5.41, 5.74) is 2.31. The van der Waals surface area contributed by atoms with E-state index in [9.17, 15) is 14.6 Å². The first-order chi connectivity index (χ1) is 14.0. The number of hydrogen-bond acceptors (Lipinski definition) is 4. The lowest BCUT2D eigenvalue weighted by Crippen LogP contribution is -2.35. The lowest BCUT2D eigenvalue weighted by Gasteiger charge is -2.33. The Morgan fingerprint density at radius 3 is 2.66 bits per heavy atom. The Morgan fingerprint density at radius 2 is 1.97 bits per heavy atom. The molecule has 0 radical (unpaired) electrons. The molecule has 29 heavy (non-hydrogen) atoms. The predicted molar refractivity (Wildman–Crippen MR) is 109 cm³/mol. The zero-order valence-electron chi connectivity index (χ0n) is 16.0. The number of methoxy groups -OCH3 is 1. The molecule has 1 saturated heterocycles. The molecule has 1 fully saturated rings. The Bertz CT molecular complexity index is 1000. The van der Waals surface area contributed by atoms with Gasteiger partial charge in [0, 0.05) is 24.4 Å². The molecule has 2 heterocycles. The molecule has 2 aromatic carbocycles. The van der Waals surface area contributed by atoms with Gasteiger partial charge in [0.25, 0.3) is 0 Å². The van der Waals surface area contributed by atoms with Gasteiger partial charge in [0.1, 0.15) is 17.8 Å². The van der Waals surface area contributed by atoms with Crippen LogP contribution in [0, 0.1) is 5.82 Å². The molecule has 0 aliphatic carbocycles. The largest absolute Gasteiger partial charge is 0.497 e. The topological polar surface area (TPSA) is 63.9 Å². The molecule has 154 valence electrons. The van der Waals surface area contributed by atoms with Crippen molar-refractivity contribution in [2.24, 2.45) is 0 Å². The number of benzene rings is 2. The van der Waals surface area contributed by atoms with Crippen molar-refractivity contribution in [2.45, 2.75) is 37.7 Å². The van der Waals surface area contributed by atoms with E-state index in [0.717, 1.165) is 16.9 Å². The van der Waals surface area contributed by atoms with Crippen LogP contribution in [0.3, 0.4) is 0 Å². The third-order valence-corrected chi connectivity index (χ3v) is 5.68. The summed E-state index contributed by atoms with van der Waals surface area (Å²) in [4.78, 5) is 0. The number of aliphatic hydroxyl groups excluding tert-OH is 2. The molecule has 2 N–H and O–H groups in total. The van der Waals surface area contributed by atoms with Crippen LogP contribution in [0.1, 0.15) is 30.2 Å². The second kappa shape index (κ2) is 8.32. The highest BCUT2D eigenvalue weighted by atomic mass is 35.5. The van der Waals surface area contributed by atoms with E-state index in [0.29, 0.717) is 35.2 Å². The smallest absolute Gasteiger partial charge is 0.136 e. The molecule has 0 amide bonds. The zero-order valence-corrected chi connectivity index (χ0v) is 16.8. The van der Waals surface area contributed by atoms with Crippen molar-refractivity contribution in [1.82, 2.24) is 4.57 Å². The van der Waals surface area contributed by atoms with Gasteiger partial charge in [-0.2, -0.15) is 0 Å². The summed E-state index contributed by atoms with van der Waals surface area (Å²) < 4.78 is 27.7. The van der Waals surface area contributed by atoms with E-state index in [1.54, 1.807) is 11.7 Å². The fraction of sp³-hybridized carbons (Fsp3) is 0.364. The van der Waals surface area contributed by atoms with Crippen molar-refractivity contribution in [3.8, 4) is 5.75 Å². The van der Waals surface area contributed by atoms with Gasteiger partial charge in [-0.3, -0.25) is 0 Å². The lowest BCUT2D eigenvalue weighted by molar-refractivity contribution is -0.140. The van der Waals surface area contributed by atoms with E-state index in [1.165, 1.54) is 12.1 Å². The van der Waals surface area contributed by atoms with Crippen LogP contribution in [-0.2, 0) is 11.2 Å². The van der Waals surface area contributed by atoms with Crippen LogP contribution in [0.15, 0.2) is 42.6 Å². The molecular formula is C22H23ClFNO4. The zero-order chi connectivity index (χ0) is 20.5. The van der Waals surface area contributed by atoms with Crippen LogP contribution < -0.4 is 4.74 Å². The third kappa shape index (κ3) is 3.98. The summed E-state index contributed by atoms with van der Waals surface area (Å²) in [6.07, 6.45) is 1.42. The van der Waals surface area contributed by atoms with Crippen LogP contribution in [-0.4, -0.2) is 40.7 Å². The molecule has 4 rings (SSSR count). The van der Waals surface area contributed by atoms with Gasteiger partial charge in [-0.15, -0.1) is 0 Å². The first kappa shape index (κ1) is 20.2. The highest BCUT2D eigenvalue weighted by Crippen LogP contribution is 2.37. The van der Waals surface area contributed by atoms with Gasteiger partial charge in [-0.25, -0.2) is 4.39 Å². The Labute approximate surface area is 173 Å². The molecular weight excluding hydrogens is 397 g/mol. The van der Waals surface area contributed by atoms with E-state index in [1.807, 2.05) is 30.5 Å². The number of rotatable bonds is 5. The van der Waals surface area contributed by atoms with Crippen LogP contribution in [0.5, 0.6) is 5.75 Å². The van der Waals surface area contributed by atoms with Crippen molar-refractivity contribution in [3.05, 3.63) is 64.6 Å². The summed E-state index contributed by atoms with van der Waals surface area (Å²) in [6.45, 7) is -0.187. The van der Waals surface area contributed by atoms with Crippen LogP contribution in [0.4, 0.5) is 4.39 Å². The quantitative estimate of drug-likeness (QED) is 0.654. The standard InChI is InChI=1S/C22H23ClFNO4/c1-28-16-4-2-13(3-5-16)8-14-11-25(20-10-15(27)9-17(12-26)29-20)22-18(23)6-7-19(24)21(14)22/h2-7,11,15,17,20,26-27H,8-10,12H2,1H3/t15-,17-,20+/m0/s1. The maximum Gasteiger partial charge on any atom is 0.136 e. The van der Waals surface area contributed by atoms with Gasteiger partial charge in [0.05, 0.1) is 36.5 Å². The SMILES string of the molecule is COc1ccc(Cc2cn([C@H]3C[C@@H](O)C[C@@H](CO)O3)c3c(Cl)ccc(F)c23)cc1. The highest BCUT2D eigenvalue weighted by molar-refractivity contribution is 6.35. The normalized spacial score (nSPS) is 22.2. The number of nitrogens with zero attached hydrogens (tertiary/aromatic N) is 1. The highest BCUT2D eigenvalue weighted by Gasteiger charge is 2.31. The van der Waals surface area contributed by atoms with Crippen molar-refractivity contribution in [3.63, 3.8) is 0 Å². The van der Waals surface area contributed by atoms with E-state index >= 15 is 0 Å². The number of aliphatic hydroxyl groups is 2. The minimum absolute atomic E-state index is 0.187. The fourth-order valence-corrected chi connectivity index (χ4v) is 4.24. The van der Waals surface area contributed by atoms with Crippen LogP contribution in [0.25, 0.3) is 10.9 Å². The third-order valence-electron chi connectivity index (χ3n) is 5.38. The summed E-state index contributed by atoms with van der Waals surface area (Å²) in [6, 6.07) is 10.5. The molecule has 0 saturated carbocycles. The van der Waals surface area contributed by atoms with E-state index in [-0.39, 0.29) is 12.4 Å². The van der Waals surface area contributed by atoms with Gasteiger partial charge >= 0.3 is 0 Å². The molecule has 0 bridgehead atoms. The molecule has 1 aromatic heterocycles. The molecule has 1 aliphatic rings. The molecule has 3 aromatic rings. The number of halogens is 2. The number of aromatic nitrogens is 1. The predicted octanol–water partition coefficient (Wildman–Crippen LogP) is 4.06. The molecule has 3 atom stereocenters. The Hall–Kier alpha value is -2.12. The lowest BCUT2D eigenvalue weighted by atomic mass is 10.0. The Balaban J connectivity index is 1.78. The van der Waals surface area contributed by atoms with Gasteiger partial charge in [0.15, 0.2) is 0 Å². The van der Waals surface area contributed by atoms with Crippen LogP contribution in [0.2, 0.25) is 5.02 Å². The summed E-state index contributed by atoms with van der Waals surface area (Å²) >= 11 is 6.44. The average molecular weight is 420 g/mol. The summed E-state index contributed by atoms with van der Waals surface area (Å²) in [5, 5.41) is 20.5. The molecule has 1 aliphatic heterocycles. The maximum absolute atomic E-state index is 14.8. The summed E-state index contributed by atoms with van der Waals surface area (Å²) in [7, 11) is 1.61. The minimum Gasteiger partial charge on any atom is -0.497 e. The van der Waals surface area contributed by atoms with Crippen molar-refractivity contribution in [2.75, 3.05) is 13.7 Å². The molecule has 0 spiro atoms.